The maximum atomic E-state index is 12.1. The van der Waals surface area contributed by atoms with Crippen LogP contribution in [0.3, 0.4) is 0 Å². The van der Waals surface area contributed by atoms with Gasteiger partial charge in [0.05, 0.1) is 0 Å². The van der Waals surface area contributed by atoms with Gasteiger partial charge in [-0.05, 0) is 31.0 Å². The number of carbonyl (C=O) groups excluding carboxylic acids is 1. The van der Waals surface area contributed by atoms with Gasteiger partial charge in [-0.15, -0.1) is 0 Å². The lowest BCUT2D eigenvalue weighted by molar-refractivity contribution is 0.0925. The first kappa shape index (κ1) is 15.7. The summed E-state index contributed by atoms with van der Waals surface area (Å²) < 4.78 is 1.80. The molecule has 1 atom stereocenters. The molecule has 1 unspecified atom stereocenters. The fourth-order valence-corrected chi connectivity index (χ4v) is 3.38. The Balaban J connectivity index is 2.76. The minimum atomic E-state index is -0.0172. The molecule has 0 radical (unpaired) electrons. The Morgan fingerprint density at radius 1 is 1.17 bits per heavy atom. The van der Waals surface area contributed by atoms with E-state index < -0.39 is 0 Å². The molecule has 0 heterocycles. The van der Waals surface area contributed by atoms with Gasteiger partial charge in [0.25, 0.3) is 5.91 Å². The zero-order valence-electron chi connectivity index (χ0n) is 11.0. The molecular weight excluding hydrogens is 358 g/mol. The van der Waals surface area contributed by atoms with Crippen molar-refractivity contribution in [3.05, 3.63) is 32.7 Å². The fourth-order valence-electron chi connectivity index (χ4n) is 2.09. The van der Waals surface area contributed by atoms with E-state index in [0.29, 0.717) is 11.5 Å². The van der Waals surface area contributed by atoms with Crippen molar-refractivity contribution in [2.75, 3.05) is 0 Å². The number of amides is 1. The zero-order valence-corrected chi connectivity index (χ0v) is 14.1. The summed E-state index contributed by atoms with van der Waals surface area (Å²) in [6.07, 6.45) is 2.17. The molecule has 1 amide bonds. The summed E-state index contributed by atoms with van der Waals surface area (Å²) in [5.41, 5.74) is 0.675. The number of nitrogens with one attached hydrogen (secondary N) is 1. The molecule has 0 aliphatic rings. The summed E-state index contributed by atoms with van der Waals surface area (Å²) in [6.45, 7) is 6.39. The molecule has 1 aromatic carbocycles. The molecule has 0 saturated carbocycles. The molecule has 0 bridgehead atoms. The van der Waals surface area contributed by atoms with Crippen LogP contribution >= 0.6 is 31.9 Å². The minimum Gasteiger partial charge on any atom is -0.349 e. The van der Waals surface area contributed by atoms with Crippen LogP contribution in [0.5, 0.6) is 0 Å². The van der Waals surface area contributed by atoms with E-state index in [1.807, 2.05) is 18.2 Å². The lowest BCUT2D eigenvalue weighted by atomic mass is 9.95. The van der Waals surface area contributed by atoms with Crippen molar-refractivity contribution in [3.63, 3.8) is 0 Å². The van der Waals surface area contributed by atoms with Gasteiger partial charge in [-0.3, -0.25) is 4.79 Å². The quantitative estimate of drug-likeness (QED) is 0.788. The fraction of sp³-hybridized carbons (Fsp3) is 0.500. The zero-order chi connectivity index (χ0) is 13.7. The molecule has 0 saturated heterocycles. The molecule has 0 aliphatic heterocycles. The monoisotopic (exact) mass is 375 g/mol. The van der Waals surface area contributed by atoms with Crippen molar-refractivity contribution in [3.8, 4) is 0 Å². The van der Waals surface area contributed by atoms with Crippen molar-refractivity contribution in [2.45, 2.75) is 39.7 Å². The van der Waals surface area contributed by atoms with Gasteiger partial charge >= 0.3 is 0 Å². The van der Waals surface area contributed by atoms with Crippen molar-refractivity contribution >= 4 is 37.8 Å². The summed E-state index contributed by atoms with van der Waals surface area (Å²) >= 11 is 6.79. The first-order valence-electron chi connectivity index (χ1n) is 6.24. The lowest BCUT2D eigenvalue weighted by Gasteiger charge is -2.22. The second-order valence-corrected chi connectivity index (χ2v) is 6.33. The number of carbonyl (C=O) groups is 1. The molecule has 18 heavy (non-hydrogen) atoms. The first-order valence-corrected chi connectivity index (χ1v) is 7.83. The average molecular weight is 377 g/mol. The Bertz CT molecular complexity index is 396. The average Bonchev–Trinajstić information content (AvgIpc) is 2.29. The maximum Gasteiger partial charge on any atom is 0.251 e. The molecule has 1 N–H and O–H groups in total. The molecular formula is C14H19Br2NO. The Labute approximate surface area is 126 Å². The molecule has 1 rings (SSSR count). The van der Waals surface area contributed by atoms with Crippen molar-refractivity contribution < 1.29 is 4.79 Å². The van der Waals surface area contributed by atoms with Crippen LogP contribution in [0, 0.1) is 5.92 Å². The van der Waals surface area contributed by atoms with Crippen molar-refractivity contribution in [2.24, 2.45) is 5.92 Å². The van der Waals surface area contributed by atoms with Gasteiger partial charge in [0.15, 0.2) is 0 Å². The molecule has 0 fully saturated rings. The predicted octanol–water partition coefficient (Wildman–Crippen LogP) is 4.77. The number of rotatable bonds is 5. The van der Waals surface area contributed by atoms with E-state index in [2.05, 4.69) is 57.9 Å². The van der Waals surface area contributed by atoms with Crippen LogP contribution in [0.25, 0.3) is 0 Å². The summed E-state index contributed by atoms with van der Waals surface area (Å²) in [4.78, 5) is 12.1. The first-order chi connectivity index (χ1) is 8.47. The molecule has 0 aromatic heterocycles. The number of hydrogen-bond donors (Lipinski definition) is 1. The highest BCUT2D eigenvalue weighted by atomic mass is 79.9. The van der Waals surface area contributed by atoms with Gasteiger partial charge in [-0.1, -0.05) is 58.5 Å². The molecule has 0 spiro atoms. The summed E-state index contributed by atoms with van der Waals surface area (Å²) in [6, 6.07) is 5.78. The third-order valence-electron chi connectivity index (χ3n) is 3.24. The van der Waals surface area contributed by atoms with Crippen LogP contribution < -0.4 is 5.32 Å². The van der Waals surface area contributed by atoms with Crippen molar-refractivity contribution in [1.82, 2.24) is 5.32 Å². The van der Waals surface area contributed by atoms with Gasteiger partial charge in [-0.25, -0.2) is 0 Å². The highest BCUT2D eigenvalue weighted by molar-refractivity contribution is 9.11. The second kappa shape index (κ2) is 7.29. The predicted molar refractivity (Wildman–Crippen MR) is 82.8 cm³/mol. The summed E-state index contributed by atoms with van der Waals surface area (Å²) in [7, 11) is 0. The topological polar surface area (TPSA) is 29.1 Å². The van der Waals surface area contributed by atoms with Gasteiger partial charge in [0, 0.05) is 20.6 Å². The third-order valence-corrected chi connectivity index (χ3v) is 4.16. The smallest absolute Gasteiger partial charge is 0.251 e. The van der Waals surface area contributed by atoms with Gasteiger partial charge < -0.3 is 5.32 Å². The maximum absolute atomic E-state index is 12.1. The van der Waals surface area contributed by atoms with E-state index in [4.69, 9.17) is 0 Å². The van der Waals surface area contributed by atoms with Crippen LogP contribution in [0.15, 0.2) is 27.1 Å². The number of hydrogen-bond acceptors (Lipinski definition) is 1. The van der Waals surface area contributed by atoms with Crippen LogP contribution in [-0.2, 0) is 0 Å². The van der Waals surface area contributed by atoms with E-state index in [1.54, 1.807) is 0 Å². The molecule has 100 valence electrons. The van der Waals surface area contributed by atoms with Crippen LogP contribution in [0.2, 0.25) is 0 Å². The van der Waals surface area contributed by atoms with E-state index in [-0.39, 0.29) is 11.9 Å². The van der Waals surface area contributed by atoms with Crippen molar-refractivity contribution in [1.29, 1.82) is 0 Å². The largest absolute Gasteiger partial charge is 0.349 e. The number of halogens is 2. The minimum absolute atomic E-state index is 0.0172. The lowest BCUT2D eigenvalue weighted by Crippen LogP contribution is -2.37. The van der Waals surface area contributed by atoms with Gasteiger partial charge in [0.1, 0.15) is 0 Å². The Morgan fingerprint density at radius 2 is 1.67 bits per heavy atom. The second-order valence-electron chi connectivity index (χ2n) is 4.50. The molecule has 2 nitrogen and oxygen atoms in total. The highest BCUT2D eigenvalue weighted by Crippen LogP contribution is 2.20. The standard InChI is InChI=1S/C14H19Br2NO/c1-4-10(5-2)9(3)17-14(18)11-6-12(15)8-13(16)7-11/h6-10H,4-5H2,1-3H3,(H,17,18). The van der Waals surface area contributed by atoms with Crippen LogP contribution in [0.1, 0.15) is 44.0 Å². The Hall–Kier alpha value is -0.350. The van der Waals surface area contributed by atoms with Crippen LogP contribution in [-0.4, -0.2) is 11.9 Å². The van der Waals surface area contributed by atoms with E-state index >= 15 is 0 Å². The summed E-state index contributed by atoms with van der Waals surface area (Å²) in [5.74, 6) is 0.515. The Morgan fingerprint density at radius 3 is 2.11 bits per heavy atom. The van der Waals surface area contributed by atoms with Gasteiger partial charge in [0.2, 0.25) is 0 Å². The highest BCUT2D eigenvalue weighted by Gasteiger charge is 2.17. The molecule has 4 heteroatoms. The van der Waals surface area contributed by atoms with Crippen LogP contribution in [0.4, 0.5) is 0 Å². The molecule has 1 aromatic rings. The SMILES string of the molecule is CCC(CC)C(C)NC(=O)c1cc(Br)cc(Br)c1. The third kappa shape index (κ3) is 4.39. The Kier molecular flexibility index (Phi) is 6.36. The molecule has 0 aliphatic carbocycles. The van der Waals surface area contributed by atoms with E-state index in [0.717, 1.165) is 21.8 Å². The number of benzene rings is 1. The van der Waals surface area contributed by atoms with E-state index in [1.165, 1.54) is 0 Å². The van der Waals surface area contributed by atoms with Gasteiger partial charge in [-0.2, -0.15) is 0 Å². The van der Waals surface area contributed by atoms with E-state index in [9.17, 15) is 4.79 Å². The summed E-state index contributed by atoms with van der Waals surface area (Å²) in [5, 5.41) is 3.07. The normalized spacial score (nSPS) is 12.6.